The second-order valence-corrected chi connectivity index (χ2v) is 8.04. The van der Waals surface area contributed by atoms with Gasteiger partial charge in [0, 0.05) is 29.1 Å². The van der Waals surface area contributed by atoms with E-state index in [-0.39, 0.29) is 12.5 Å². The van der Waals surface area contributed by atoms with E-state index >= 15 is 0 Å². The maximum atomic E-state index is 12.9. The predicted octanol–water partition coefficient (Wildman–Crippen LogP) is 4.88. The summed E-state index contributed by atoms with van der Waals surface area (Å²) in [5.41, 5.74) is 5.71. The highest BCUT2D eigenvalue weighted by molar-refractivity contribution is 6.08. The highest BCUT2D eigenvalue weighted by atomic mass is 16.5. The maximum Gasteiger partial charge on any atom is 0.242 e. The van der Waals surface area contributed by atoms with Crippen LogP contribution in [0.1, 0.15) is 11.1 Å². The Morgan fingerprint density at radius 3 is 2.55 bits per heavy atom. The van der Waals surface area contributed by atoms with Crippen molar-refractivity contribution in [1.82, 2.24) is 20.1 Å². The van der Waals surface area contributed by atoms with Gasteiger partial charge in [-0.3, -0.25) is 14.5 Å². The first kappa shape index (κ1) is 20.7. The Bertz CT molecular complexity index is 1440. The number of hydrogen-bond donors (Lipinski definition) is 1. The second kappa shape index (κ2) is 8.74. The average Bonchev–Trinajstić information content (AvgIpc) is 3.22. The lowest BCUT2D eigenvalue weighted by atomic mass is 10.1. The minimum atomic E-state index is -0.105. The smallest absolute Gasteiger partial charge is 0.242 e. The molecule has 6 nitrogen and oxygen atoms in total. The van der Waals surface area contributed by atoms with Crippen molar-refractivity contribution < 1.29 is 9.53 Å². The molecule has 3 aromatic carbocycles. The van der Waals surface area contributed by atoms with Gasteiger partial charge in [0.25, 0.3) is 0 Å². The summed E-state index contributed by atoms with van der Waals surface area (Å²) >= 11 is 0. The molecule has 0 aliphatic rings. The molecule has 5 rings (SSSR count). The summed E-state index contributed by atoms with van der Waals surface area (Å²) in [4.78, 5) is 17.5. The lowest BCUT2D eigenvalue weighted by Gasteiger charge is -2.08. The number of benzene rings is 3. The molecule has 0 unspecified atom stereocenters. The topological polar surface area (TPSA) is 69.0 Å². The Morgan fingerprint density at radius 1 is 1.00 bits per heavy atom. The van der Waals surface area contributed by atoms with E-state index in [1.54, 1.807) is 11.8 Å². The summed E-state index contributed by atoms with van der Waals surface area (Å²) in [6.07, 6.45) is 1.84. The van der Waals surface area contributed by atoms with Crippen LogP contribution in [-0.2, 0) is 17.9 Å². The number of amides is 1. The maximum absolute atomic E-state index is 12.9. The number of fused-ring (bicyclic) bond motifs is 3. The SMILES string of the molecule is COc1ccc2ncc3c(-c4ccc(C)cc4)nn(CC(=O)NCc4ccccc4)c3c2c1. The summed E-state index contributed by atoms with van der Waals surface area (Å²) in [5, 5.41) is 9.66. The second-order valence-electron chi connectivity index (χ2n) is 8.04. The van der Waals surface area contributed by atoms with Gasteiger partial charge in [0.15, 0.2) is 0 Å². The van der Waals surface area contributed by atoms with Crippen molar-refractivity contribution in [3.8, 4) is 17.0 Å². The molecule has 6 heteroatoms. The van der Waals surface area contributed by atoms with Crippen LogP contribution in [0.5, 0.6) is 5.75 Å². The third-order valence-corrected chi connectivity index (χ3v) is 5.73. The fourth-order valence-electron chi connectivity index (χ4n) is 3.99. The number of hydrogen-bond acceptors (Lipinski definition) is 4. The molecule has 0 spiro atoms. The monoisotopic (exact) mass is 436 g/mol. The van der Waals surface area contributed by atoms with E-state index in [1.807, 2.05) is 66.9 Å². The lowest BCUT2D eigenvalue weighted by molar-refractivity contribution is -0.121. The molecule has 0 aliphatic carbocycles. The van der Waals surface area contributed by atoms with E-state index in [4.69, 9.17) is 9.84 Å². The van der Waals surface area contributed by atoms with Crippen LogP contribution in [0, 0.1) is 6.92 Å². The van der Waals surface area contributed by atoms with Gasteiger partial charge in [-0.25, -0.2) is 0 Å². The first-order chi connectivity index (χ1) is 16.1. The van der Waals surface area contributed by atoms with Crippen LogP contribution < -0.4 is 10.1 Å². The predicted molar refractivity (Wildman–Crippen MR) is 130 cm³/mol. The number of nitrogens with one attached hydrogen (secondary N) is 1. The molecule has 2 heterocycles. The molecule has 0 saturated heterocycles. The number of ether oxygens (including phenoxy) is 1. The molecule has 0 fully saturated rings. The summed E-state index contributed by atoms with van der Waals surface area (Å²) in [6, 6.07) is 23.8. The zero-order valence-electron chi connectivity index (χ0n) is 18.6. The standard InChI is InChI=1S/C27H24N4O2/c1-18-8-10-20(11-9-18)26-23-16-28-24-13-12-21(33-2)14-22(24)27(23)31(30-26)17-25(32)29-15-19-6-4-3-5-7-19/h3-14,16H,15,17H2,1-2H3,(H,29,32). The number of aromatic nitrogens is 3. The number of carbonyl (C=O) groups is 1. The van der Waals surface area contributed by atoms with Crippen LogP contribution in [-0.4, -0.2) is 27.8 Å². The van der Waals surface area contributed by atoms with Gasteiger partial charge in [-0.05, 0) is 30.7 Å². The number of methoxy groups -OCH3 is 1. The molecule has 1 N–H and O–H groups in total. The van der Waals surface area contributed by atoms with Crippen molar-refractivity contribution in [1.29, 1.82) is 0 Å². The van der Waals surface area contributed by atoms with Crippen molar-refractivity contribution in [2.45, 2.75) is 20.0 Å². The quantitative estimate of drug-likeness (QED) is 0.412. The van der Waals surface area contributed by atoms with Crippen molar-refractivity contribution in [3.63, 3.8) is 0 Å². The van der Waals surface area contributed by atoms with Gasteiger partial charge in [-0.2, -0.15) is 5.10 Å². The van der Waals surface area contributed by atoms with Gasteiger partial charge >= 0.3 is 0 Å². The van der Waals surface area contributed by atoms with Gasteiger partial charge in [-0.1, -0.05) is 60.2 Å². The van der Waals surface area contributed by atoms with E-state index in [0.29, 0.717) is 6.54 Å². The van der Waals surface area contributed by atoms with E-state index in [1.165, 1.54) is 5.56 Å². The van der Waals surface area contributed by atoms with Crippen molar-refractivity contribution in [2.75, 3.05) is 7.11 Å². The van der Waals surface area contributed by atoms with Crippen molar-refractivity contribution in [2.24, 2.45) is 0 Å². The third kappa shape index (κ3) is 4.15. The first-order valence-electron chi connectivity index (χ1n) is 10.8. The molecule has 1 amide bonds. The molecule has 164 valence electrons. The van der Waals surface area contributed by atoms with Crippen LogP contribution >= 0.6 is 0 Å². The zero-order valence-corrected chi connectivity index (χ0v) is 18.6. The van der Waals surface area contributed by atoms with Crippen LogP contribution in [0.4, 0.5) is 0 Å². The fraction of sp³-hybridized carbons (Fsp3) is 0.148. The van der Waals surface area contributed by atoms with Crippen LogP contribution in [0.25, 0.3) is 33.1 Å². The lowest BCUT2D eigenvalue weighted by Crippen LogP contribution is -2.27. The minimum absolute atomic E-state index is 0.103. The molecule has 0 aliphatic heterocycles. The zero-order chi connectivity index (χ0) is 22.8. The van der Waals surface area contributed by atoms with Gasteiger partial charge in [0.2, 0.25) is 5.91 Å². The third-order valence-electron chi connectivity index (χ3n) is 5.73. The van der Waals surface area contributed by atoms with Crippen LogP contribution in [0.3, 0.4) is 0 Å². The largest absolute Gasteiger partial charge is 0.497 e. The Kier molecular flexibility index (Phi) is 5.48. The van der Waals surface area contributed by atoms with E-state index < -0.39 is 0 Å². The van der Waals surface area contributed by atoms with Gasteiger partial charge in [-0.15, -0.1) is 0 Å². The molecule has 0 atom stereocenters. The van der Waals surface area contributed by atoms with Crippen molar-refractivity contribution in [3.05, 3.63) is 90.1 Å². The van der Waals surface area contributed by atoms with Crippen LogP contribution in [0.2, 0.25) is 0 Å². The van der Waals surface area contributed by atoms with E-state index in [9.17, 15) is 4.79 Å². The minimum Gasteiger partial charge on any atom is -0.497 e. The molecule has 0 radical (unpaired) electrons. The average molecular weight is 437 g/mol. The fourth-order valence-corrected chi connectivity index (χ4v) is 3.99. The van der Waals surface area contributed by atoms with E-state index in [2.05, 4.69) is 29.4 Å². The van der Waals surface area contributed by atoms with Gasteiger partial charge in [0.05, 0.1) is 18.1 Å². The number of rotatable bonds is 6. The van der Waals surface area contributed by atoms with Gasteiger partial charge in [0.1, 0.15) is 18.0 Å². The van der Waals surface area contributed by atoms with Crippen molar-refractivity contribution >= 4 is 27.7 Å². The summed E-state index contributed by atoms with van der Waals surface area (Å²) < 4.78 is 7.22. The van der Waals surface area contributed by atoms with Gasteiger partial charge < -0.3 is 10.1 Å². The van der Waals surface area contributed by atoms with E-state index in [0.717, 1.165) is 44.4 Å². The molecule has 5 aromatic rings. The number of nitrogens with zero attached hydrogens (tertiary/aromatic N) is 3. The number of pyridine rings is 1. The molecule has 0 saturated carbocycles. The first-order valence-corrected chi connectivity index (χ1v) is 10.8. The number of aryl methyl sites for hydroxylation is 1. The summed E-state index contributed by atoms with van der Waals surface area (Å²) in [6.45, 7) is 2.63. The Labute approximate surface area is 191 Å². The molecular weight excluding hydrogens is 412 g/mol. The summed E-state index contributed by atoms with van der Waals surface area (Å²) in [5.74, 6) is 0.626. The Morgan fingerprint density at radius 2 is 1.79 bits per heavy atom. The molecule has 0 bridgehead atoms. The summed E-state index contributed by atoms with van der Waals surface area (Å²) in [7, 11) is 1.64. The highest BCUT2D eigenvalue weighted by Crippen LogP contribution is 2.33. The Hall–Kier alpha value is -4.19. The molecule has 2 aromatic heterocycles. The normalized spacial score (nSPS) is 11.1. The Balaban J connectivity index is 1.59. The number of carbonyl (C=O) groups excluding carboxylic acids is 1. The molecular formula is C27H24N4O2. The highest BCUT2D eigenvalue weighted by Gasteiger charge is 2.18. The van der Waals surface area contributed by atoms with Crippen LogP contribution in [0.15, 0.2) is 79.0 Å². The molecule has 33 heavy (non-hydrogen) atoms.